The van der Waals surface area contributed by atoms with Crippen molar-refractivity contribution in [3.63, 3.8) is 0 Å². The van der Waals surface area contributed by atoms with Crippen molar-refractivity contribution in [1.29, 1.82) is 0 Å². The van der Waals surface area contributed by atoms with Crippen LogP contribution in [-0.2, 0) is 0 Å². The fourth-order valence-electron chi connectivity index (χ4n) is 1.34. The number of benzene rings is 1. The first-order chi connectivity index (χ1) is 6.68. The molecule has 1 aromatic heterocycles. The average Bonchev–Trinajstić information content (AvgIpc) is 2.46. The molecule has 0 amide bonds. The first-order valence-electron chi connectivity index (χ1n) is 4.15. The molecule has 0 bridgehead atoms. The van der Waals surface area contributed by atoms with Crippen molar-refractivity contribution in [1.82, 2.24) is 9.97 Å². The van der Waals surface area contributed by atoms with E-state index in [1.807, 2.05) is 31.2 Å². The minimum Gasteiger partial charge on any atom is -0.332 e. The lowest BCUT2D eigenvalue weighted by Gasteiger charge is -2.00. The molecule has 1 heterocycles. The minimum absolute atomic E-state index is 0.424. The van der Waals surface area contributed by atoms with Gasteiger partial charge in [0, 0.05) is 15.7 Å². The van der Waals surface area contributed by atoms with Crippen LogP contribution in [-0.4, -0.2) is 9.97 Å². The summed E-state index contributed by atoms with van der Waals surface area (Å²) in [6.45, 7) is 1.95. The number of nitrogens with zero attached hydrogens (tertiary/aromatic N) is 1. The fraction of sp³-hybridized carbons (Fsp3) is 0.100. The fourth-order valence-corrected chi connectivity index (χ4v) is 2.04. The van der Waals surface area contributed by atoms with Crippen LogP contribution in [0.25, 0.3) is 11.3 Å². The molecule has 0 atom stereocenters. The molecule has 1 aromatic carbocycles. The Hall–Kier alpha value is -0.800. The first kappa shape index (κ1) is 9.74. The van der Waals surface area contributed by atoms with Gasteiger partial charge in [-0.2, -0.15) is 0 Å². The molecule has 0 aliphatic rings. The van der Waals surface area contributed by atoms with E-state index >= 15 is 0 Å². The molecular weight excluding hydrogens is 263 g/mol. The van der Waals surface area contributed by atoms with Crippen LogP contribution in [0.5, 0.6) is 0 Å². The van der Waals surface area contributed by atoms with Crippen molar-refractivity contribution in [3.8, 4) is 11.3 Å². The SMILES string of the molecule is Cc1[nH]c(Cl)nc1-c1ccccc1Br. The molecule has 0 aliphatic heterocycles. The maximum atomic E-state index is 5.79. The Labute approximate surface area is 95.5 Å². The summed E-state index contributed by atoms with van der Waals surface area (Å²) in [6, 6.07) is 7.93. The van der Waals surface area contributed by atoms with Crippen LogP contribution >= 0.6 is 27.5 Å². The number of aromatic nitrogens is 2. The van der Waals surface area contributed by atoms with E-state index < -0.39 is 0 Å². The monoisotopic (exact) mass is 270 g/mol. The van der Waals surface area contributed by atoms with Crippen molar-refractivity contribution in [2.45, 2.75) is 6.92 Å². The van der Waals surface area contributed by atoms with Gasteiger partial charge in [0.1, 0.15) is 0 Å². The summed E-state index contributed by atoms with van der Waals surface area (Å²) in [7, 11) is 0. The Morgan fingerprint density at radius 2 is 2.07 bits per heavy atom. The highest BCUT2D eigenvalue weighted by molar-refractivity contribution is 9.10. The zero-order valence-corrected chi connectivity index (χ0v) is 9.85. The quantitative estimate of drug-likeness (QED) is 0.839. The smallest absolute Gasteiger partial charge is 0.200 e. The third kappa shape index (κ3) is 1.70. The standard InChI is InChI=1S/C10H8BrClN2/c1-6-9(14-10(12)13-6)7-4-2-3-5-8(7)11/h2-5H,1H3,(H,13,14). The van der Waals surface area contributed by atoms with E-state index in [0.717, 1.165) is 21.4 Å². The third-order valence-electron chi connectivity index (χ3n) is 1.98. The number of H-pyrrole nitrogens is 1. The van der Waals surface area contributed by atoms with E-state index in [0.29, 0.717) is 5.28 Å². The number of rotatable bonds is 1. The van der Waals surface area contributed by atoms with E-state index in [9.17, 15) is 0 Å². The number of nitrogens with one attached hydrogen (secondary N) is 1. The molecular formula is C10H8BrClN2. The van der Waals surface area contributed by atoms with Crippen LogP contribution in [0.1, 0.15) is 5.69 Å². The Morgan fingerprint density at radius 3 is 2.64 bits per heavy atom. The van der Waals surface area contributed by atoms with E-state index in [4.69, 9.17) is 11.6 Å². The van der Waals surface area contributed by atoms with Gasteiger partial charge >= 0.3 is 0 Å². The minimum atomic E-state index is 0.424. The molecule has 0 unspecified atom stereocenters. The van der Waals surface area contributed by atoms with E-state index in [1.54, 1.807) is 0 Å². The lowest BCUT2D eigenvalue weighted by atomic mass is 10.1. The van der Waals surface area contributed by atoms with Gasteiger partial charge in [-0.1, -0.05) is 34.1 Å². The Morgan fingerprint density at radius 1 is 1.36 bits per heavy atom. The number of aromatic amines is 1. The molecule has 4 heteroatoms. The summed E-state index contributed by atoms with van der Waals surface area (Å²) in [5, 5.41) is 0.424. The maximum Gasteiger partial charge on any atom is 0.200 e. The molecule has 2 nitrogen and oxygen atoms in total. The molecule has 72 valence electrons. The summed E-state index contributed by atoms with van der Waals surface area (Å²) in [5.74, 6) is 0. The van der Waals surface area contributed by atoms with Crippen molar-refractivity contribution >= 4 is 27.5 Å². The maximum absolute atomic E-state index is 5.79. The van der Waals surface area contributed by atoms with Crippen LogP contribution in [0.2, 0.25) is 5.28 Å². The molecule has 0 aliphatic carbocycles. The lowest BCUT2D eigenvalue weighted by Crippen LogP contribution is -1.82. The highest BCUT2D eigenvalue weighted by atomic mass is 79.9. The third-order valence-corrected chi connectivity index (χ3v) is 2.86. The van der Waals surface area contributed by atoms with Gasteiger partial charge in [0.2, 0.25) is 5.28 Å². The molecule has 2 rings (SSSR count). The van der Waals surface area contributed by atoms with Crippen molar-refractivity contribution in [2.24, 2.45) is 0 Å². The predicted octanol–water partition coefficient (Wildman–Crippen LogP) is 3.80. The van der Waals surface area contributed by atoms with Crippen LogP contribution in [0.4, 0.5) is 0 Å². The van der Waals surface area contributed by atoms with Crippen LogP contribution in [0, 0.1) is 6.92 Å². The molecule has 0 radical (unpaired) electrons. The van der Waals surface area contributed by atoms with Gasteiger partial charge in [0.05, 0.1) is 5.69 Å². The van der Waals surface area contributed by atoms with E-state index in [2.05, 4.69) is 25.9 Å². The second-order valence-electron chi connectivity index (χ2n) is 2.98. The summed E-state index contributed by atoms with van der Waals surface area (Å²) >= 11 is 9.27. The zero-order valence-electron chi connectivity index (χ0n) is 7.51. The van der Waals surface area contributed by atoms with Gasteiger partial charge in [0.15, 0.2) is 0 Å². The van der Waals surface area contributed by atoms with Crippen LogP contribution < -0.4 is 0 Å². The summed E-state index contributed by atoms with van der Waals surface area (Å²) in [5.41, 5.74) is 2.91. The highest BCUT2D eigenvalue weighted by Crippen LogP contribution is 2.29. The van der Waals surface area contributed by atoms with E-state index in [1.165, 1.54) is 0 Å². The highest BCUT2D eigenvalue weighted by Gasteiger charge is 2.09. The summed E-state index contributed by atoms with van der Waals surface area (Å²) < 4.78 is 1.02. The Kier molecular flexibility index (Phi) is 2.61. The van der Waals surface area contributed by atoms with Gasteiger partial charge in [0.25, 0.3) is 0 Å². The lowest BCUT2D eigenvalue weighted by molar-refractivity contribution is 1.25. The number of halogens is 2. The number of aryl methyl sites for hydroxylation is 1. The van der Waals surface area contributed by atoms with Crippen molar-refractivity contribution in [3.05, 3.63) is 39.7 Å². The van der Waals surface area contributed by atoms with Crippen LogP contribution in [0.3, 0.4) is 0 Å². The summed E-state index contributed by atoms with van der Waals surface area (Å²) in [6.07, 6.45) is 0. The van der Waals surface area contributed by atoms with Gasteiger partial charge in [-0.25, -0.2) is 4.98 Å². The predicted molar refractivity (Wildman–Crippen MR) is 61.5 cm³/mol. The first-order valence-corrected chi connectivity index (χ1v) is 5.32. The average molecular weight is 272 g/mol. The number of imidazole rings is 1. The molecule has 1 N–H and O–H groups in total. The molecule has 0 fully saturated rings. The Balaban J connectivity index is 2.60. The van der Waals surface area contributed by atoms with E-state index in [-0.39, 0.29) is 0 Å². The van der Waals surface area contributed by atoms with Gasteiger partial charge < -0.3 is 4.98 Å². The van der Waals surface area contributed by atoms with Crippen molar-refractivity contribution < 1.29 is 0 Å². The molecule has 2 aromatic rings. The largest absolute Gasteiger partial charge is 0.332 e. The molecule has 14 heavy (non-hydrogen) atoms. The number of hydrogen-bond acceptors (Lipinski definition) is 1. The van der Waals surface area contributed by atoms with Gasteiger partial charge in [-0.05, 0) is 24.6 Å². The van der Waals surface area contributed by atoms with Gasteiger partial charge in [-0.15, -0.1) is 0 Å². The molecule has 0 spiro atoms. The molecule has 0 saturated carbocycles. The van der Waals surface area contributed by atoms with Crippen molar-refractivity contribution in [2.75, 3.05) is 0 Å². The topological polar surface area (TPSA) is 28.7 Å². The molecule has 0 saturated heterocycles. The van der Waals surface area contributed by atoms with Gasteiger partial charge in [-0.3, -0.25) is 0 Å². The Bertz CT molecular complexity index is 465. The van der Waals surface area contributed by atoms with Crippen LogP contribution in [0.15, 0.2) is 28.7 Å². The normalized spacial score (nSPS) is 10.5. The second-order valence-corrected chi connectivity index (χ2v) is 4.19. The second kappa shape index (κ2) is 3.75. The summed E-state index contributed by atoms with van der Waals surface area (Å²) in [4.78, 5) is 7.19. The zero-order chi connectivity index (χ0) is 10.1. The number of hydrogen-bond donors (Lipinski definition) is 1.